The van der Waals surface area contributed by atoms with Gasteiger partial charge in [0.2, 0.25) is 0 Å². The van der Waals surface area contributed by atoms with Crippen molar-refractivity contribution >= 4 is 31.9 Å². The van der Waals surface area contributed by atoms with Crippen LogP contribution in [0.5, 0.6) is 5.75 Å². The Morgan fingerprint density at radius 2 is 2.00 bits per heavy atom. The molecule has 96 valence electrons. The molecule has 0 radical (unpaired) electrons. The van der Waals surface area contributed by atoms with Gasteiger partial charge in [0.1, 0.15) is 24.2 Å². The van der Waals surface area contributed by atoms with Gasteiger partial charge in [0.25, 0.3) is 0 Å². The Bertz CT molecular complexity index is 652. The summed E-state index contributed by atoms with van der Waals surface area (Å²) in [4.78, 5) is 0. The minimum atomic E-state index is -0.336. The van der Waals surface area contributed by atoms with Crippen LogP contribution in [0, 0.1) is 17.1 Å². The maximum absolute atomic E-state index is 13.3. The number of nitrogens with zero attached hydrogens (tertiary/aromatic N) is 1. The van der Waals surface area contributed by atoms with Crippen molar-refractivity contribution in [3.05, 3.63) is 62.3 Å². The minimum Gasteiger partial charge on any atom is -0.487 e. The van der Waals surface area contributed by atoms with Gasteiger partial charge in [-0.15, -0.1) is 0 Å². The smallest absolute Gasteiger partial charge is 0.137 e. The fourth-order valence-electron chi connectivity index (χ4n) is 1.53. The molecule has 0 heterocycles. The lowest BCUT2D eigenvalue weighted by Gasteiger charge is -2.09. The molecule has 2 aromatic rings. The quantitative estimate of drug-likeness (QED) is 0.761. The second-order valence-corrected chi connectivity index (χ2v) is 5.46. The van der Waals surface area contributed by atoms with E-state index in [-0.39, 0.29) is 12.4 Å². The molecular weight excluding hydrogens is 377 g/mol. The van der Waals surface area contributed by atoms with E-state index in [2.05, 4.69) is 37.9 Å². The van der Waals surface area contributed by atoms with Crippen LogP contribution in [-0.4, -0.2) is 0 Å². The number of hydrogen-bond acceptors (Lipinski definition) is 2. The monoisotopic (exact) mass is 383 g/mol. The first kappa shape index (κ1) is 14.0. The van der Waals surface area contributed by atoms with Gasteiger partial charge in [-0.2, -0.15) is 5.26 Å². The minimum absolute atomic E-state index is 0.189. The number of benzene rings is 2. The zero-order valence-electron chi connectivity index (χ0n) is 9.66. The average Bonchev–Trinajstić information content (AvgIpc) is 2.41. The van der Waals surface area contributed by atoms with Crippen molar-refractivity contribution in [1.82, 2.24) is 0 Å². The molecule has 2 nitrogen and oxygen atoms in total. The van der Waals surface area contributed by atoms with Crippen molar-refractivity contribution in [2.45, 2.75) is 6.61 Å². The van der Waals surface area contributed by atoms with Crippen LogP contribution >= 0.6 is 31.9 Å². The summed E-state index contributed by atoms with van der Waals surface area (Å²) < 4.78 is 20.1. The molecule has 0 N–H and O–H groups in total. The van der Waals surface area contributed by atoms with Crippen LogP contribution in [-0.2, 0) is 6.61 Å². The Morgan fingerprint density at radius 1 is 1.21 bits per heavy atom. The summed E-state index contributed by atoms with van der Waals surface area (Å²) in [6.45, 7) is 0.189. The Kier molecular flexibility index (Phi) is 4.56. The van der Waals surface area contributed by atoms with Crippen LogP contribution in [0.15, 0.2) is 45.3 Å². The number of rotatable bonds is 3. The topological polar surface area (TPSA) is 33.0 Å². The van der Waals surface area contributed by atoms with Crippen molar-refractivity contribution in [2.75, 3.05) is 0 Å². The van der Waals surface area contributed by atoms with E-state index in [1.807, 2.05) is 0 Å². The molecule has 0 bridgehead atoms. The third kappa shape index (κ3) is 3.34. The molecule has 0 spiro atoms. The molecule has 0 amide bonds. The van der Waals surface area contributed by atoms with E-state index >= 15 is 0 Å². The Hall–Kier alpha value is -1.38. The summed E-state index contributed by atoms with van der Waals surface area (Å²) in [6.07, 6.45) is 0. The van der Waals surface area contributed by atoms with Gasteiger partial charge in [-0.3, -0.25) is 0 Å². The summed E-state index contributed by atoms with van der Waals surface area (Å²) in [5.74, 6) is 0.138. The molecule has 0 aliphatic carbocycles. The first-order valence-electron chi connectivity index (χ1n) is 5.37. The number of ether oxygens (including phenoxy) is 1. The number of halogens is 3. The van der Waals surface area contributed by atoms with Crippen molar-refractivity contribution in [2.24, 2.45) is 0 Å². The van der Waals surface area contributed by atoms with Gasteiger partial charge < -0.3 is 4.74 Å². The van der Waals surface area contributed by atoms with Crippen molar-refractivity contribution in [1.29, 1.82) is 5.26 Å². The Morgan fingerprint density at radius 3 is 2.74 bits per heavy atom. The number of hydrogen-bond donors (Lipinski definition) is 0. The molecule has 0 aromatic heterocycles. The highest BCUT2D eigenvalue weighted by molar-refractivity contribution is 9.10. The summed E-state index contributed by atoms with van der Waals surface area (Å²) >= 11 is 6.46. The fraction of sp³-hybridized carbons (Fsp3) is 0.0714. The number of nitriles is 1. The van der Waals surface area contributed by atoms with Crippen molar-refractivity contribution in [3.8, 4) is 11.8 Å². The lowest BCUT2D eigenvalue weighted by Crippen LogP contribution is -1.99. The van der Waals surface area contributed by atoms with Crippen LogP contribution in [0.1, 0.15) is 11.1 Å². The first-order valence-corrected chi connectivity index (χ1v) is 6.95. The van der Waals surface area contributed by atoms with E-state index in [0.717, 1.165) is 4.47 Å². The Balaban J connectivity index is 2.20. The standard InChI is InChI=1S/C14H8Br2FNO/c15-11-4-5-13(10(6-11)7-18)19-8-9-2-1-3-12(17)14(9)16/h1-6H,8H2. The summed E-state index contributed by atoms with van der Waals surface area (Å²) in [5, 5.41) is 9.02. The lowest BCUT2D eigenvalue weighted by molar-refractivity contribution is 0.303. The molecule has 19 heavy (non-hydrogen) atoms. The first-order chi connectivity index (χ1) is 9.11. The van der Waals surface area contributed by atoms with Crippen LogP contribution in [0.4, 0.5) is 4.39 Å². The molecule has 5 heteroatoms. The molecule has 2 aromatic carbocycles. The molecule has 0 aliphatic heterocycles. The summed E-state index contributed by atoms with van der Waals surface area (Å²) in [5.41, 5.74) is 1.12. The van der Waals surface area contributed by atoms with Gasteiger partial charge in [-0.05, 0) is 40.2 Å². The molecule has 0 saturated heterocycles. The van der Waals surface area contributed by atoms with E-state index < -0.39 is 0 Å². The van der Waals surface area contributed by atoms with Gasteiger partial charge in [-0.1, -0.05) is 28.1 Å². The highest BCUT2D eigenvalue weighted by Crippen LogP contribution is 2.25. The van der Waals surface area contributed by atoms with E-state index in [9.17, 15) is 4.39 Å². The predicted molar refractivity (Wildman–Crippen MR) is 77.3 cm³/mol. The van der Waals surface area contributed by atoms with Crippen LogP contribution in [0.2, 0.25) is 0 Å². The second-order valence-electron chi connectivity index (χ2n) is 3.75. The van der Waals surface area contributed by atoms with E-state index in [1.165, 1.54) is 6.07 Å². The molecule has 0 saturated carbocycles. The zero-order chi connectivity index (χ0) is 13.8. The summed E-state index contributed by atoms with van der Waals surface area (Å²) in [6, 6.07) is 12.0. The van der Waals surface area contributed by atoms with Crippen LogP contribution in [0.3, 0.4) is 0 Å². The zero-order valence-corrected chi connectivity index (χ0v) is 12.8. The Labute approximate surface area is 127 Å². The third-order valence-electron chi connectivity index (χ3n) is 2.48. The van der Waals surface area contributed by atoms with Crippen molar-refractivity contribution < 1.29 is 9.13 Å². The lowest BCUT2D eigenvalue weighted by atomic mass is 10.2. The van der Waals surface area contributed by atoms with E-state index in [4.69, 9.17) is 10.00 Å². The van der Waals surface area contributed by atoms with Crippen LogP contribution < -0.4 is 4.74 Å². The molecule has 0 fully saturated rings. The SMILES string of the molecule is N#Cc1cc(Br)ccc1OCc1cccc(F)c1Br. The highest BCUT2D eigenvalue weighted by atomic mass is 79.9. The van der Waals surface area contributed by atoms with Crippen molar-refractivity contribution in [3.63, 3.8) is 0 Å². The van der Waals surface area contributed by atoms with Gasteiger partial charge in [-0.25, -0.2) is 4.39 Å². The normalized spacial score (nSPS) is 10.0. The second kappa shape index (κ2) is 6.18. The van der Waals surface area contributed by atoms with Gasteiger partial charge in [0.15, 0.2) is 0 Å². The van der Waals surface area contributed by atoms with Crippen LogP contribution in [0.25, 0.3) is 0 Å². The molecule has 2 rings (SSSR count). The maximum Gasteiger partial charge on any atom is 0.137 e. The molecular formula is C14H8Br2FNO. The molecule has 0 unspecified atom stereocenters. The predicted octanol–water partition coefficient (Wildman–Crippen LogP) is 4.80. The fourth-order valence-corrected chi connectivity index (χ4v) is 2.27. The van der Waals surface area contributed by atoms with Gasteiger partial charge in [0.05, 0.1) is 10.0 Å². The van der Waals surface area contributed by atoms with Gasteiger partial charge >= 0.3 is 0 Å². The average molecular weight is 385 g/mol. The molecule has 0 aliphatic rings. The summed E-state index contributed by atoms with van der Waals surface area (Å²) in [7, 11) is 0. The van der Waals surface area contributed by atoms with Gasteiger partial charge in [0, 0.05) is 10.0 Å². The largest absolute Gasteiger partial charge is 0.487 e. The van der Waals surface area contributed by atoms with E-state index in [0.29, 0.717) is 21.3 Å². The molecule has 0 atom stereocenters. The third-order valence-corrected chi connectivity index (χ3v) is 3.86. The van der Waals surface area contributed by atoms with E-state index in [1.54, 1.807) is 30.3 Å². The highest BCUT2D eigenvalue weighted by Gasteiger charge is 2.08. The maximum atomic E-state index is 13.3.